The molecule has 162 valence electrons. The van der Waals surface area contributed by atoms with Crippen LogP contribution in [0.4, 0.5) is 25.5 Å². The summed E-state index contributed by atoms with van der Waals surface area (Å²) in [5.41, 5.74) is 0.884. The number of rotatable bonds is 4. The Morgan fingerprint density at radius 3 is 2.68 bits per heavy atom. The lowest BCUT2D eigenvalue weighted by Gasteiger charge is -2.21. The summed E-state index contributed by atoms with van der Waals surface area (Å²) in [5.74, 6) is -0.193. The van der Waals surface area contributed by atoms with Gasteiger partial charge in [-0.05, 0) is 44.9 Å². The molecule has 0 radical (unpaired) electrons. The highest BCUT2D eigenvalue weighted by Gasteiger charge is 2.22. The number of carbonyl (C=O) groups is 2. The van der Waals surface area contributed by atoms with Crippen molar-refractivity contribution in [2.45, 2.75) is 32.7 Å². The first-order chi connectivity index (χ1) is 14.8. The van der Waals surface area contributed by atoms with Crippen molar-refractivity contribution in [2.75, 3.05) is 23.3 Å². The van der Waals surface area contributed by atoms with Gasteiger partial charge in [0.05, 0.1) is 18.1 Å². The van der Waals surface area contributed by atoms with Crippen LogP contribution in [0.1, 0.15) is 26.7 Å². The Bertz CT molecular complexity index is 1140. The van der Waals surface area contributed by atoms with E-state index in [-0.39, 0.29) is 34.9 Å². The number of nitrogens with one attached hydrogen (secondary N) is 1. The smallest absolute Gasteiger partial charge is 0.413 e. The van der Waals surface area contributed by atoms with Crippen molar-refractivity contribution in [3.63, 3.8) is 0 Å². The van der Waals surface area contributed by atoms with E-state index in [1.165, 1.54) is 35.1 Å². The molecule has 11 heteroatoms. The van der Waals surface area contributed by atoms with Crippen molar-refractivity contribution in [1.82, 2.24) is 24.5 Å². The molecule has 1 aromatic carbocycles. The number of hydrogen-bond acceptors (Lipinski definition) is 5. The van der Waals surface area contributed by atoms with Crippen LogP contribution < -0.4 is 10.2 Å². The molecule has 2 aromatic heterocycles. The minimum Gasteiger partial charge on any atom is -0.465 e. The van der Waals surface area contributed by atoms with E-state index in [9.17, 15) is 19.1 Å². The largest absolute Gasteiger partial charge is 0.465 e. The lowest BCUT2D eigenvalue weighted by atomic mass is 10.1. The Balaban J connectivity index is 1.65. The zero-order valence-corrected chi connectivity index (χ0v) is 17.1. The average Bonchev–Trinajstić information content (AvgIpc) is 3.38. The number of aromatic nitrogens is 4. The summed E-state index contributed by atoms with van der Waals surface area (Å²) >= 11 is 0. The Hall–Kier alpha value is -3.76. The second kappa shape index (κ2) is 8.17. The number of halogens is 1. The third-order valence-corrected chi connectivity index (χ3v) is 5.03. The van der Waals surface area contributed by atoms with Crippen molar-refractivity contribution in [2.24, 2.45) is 0 Å². The summed E-state index contributed by atoms with van der Waals surface area (Å²) in [4.78, 5) is 35.1. The summed E-state index contributed by atoms with van der Waals surface area (Å²) < 4.78 is 15.8. The number of likely N-dealkylation sites (tertiary alicyclic amines) is 1. The number of imidazole rings is 1. The number of anilines is 2. The maximum absolute atomic E-state index is 14.5. The standard InChI is InChI=1S/C20H22FN7O3/c1-12(2)28(20(30)31)17-10-22-18-24-16(11-27(18)25-17)14-9-13(5-6-15(14)21)23-19(29)26-7-3-4-8-26/h5-6,9-12H,3-4,7-8H2,1-2H3,(H,23,29)(H,30,31). The van der Waals surface area contributed by atoms with E-state index in [0.29, 0.717) is 18.8 Å². The predicted molar refractivity (Wildman–Crippen MR) is 112 cm³/mol. The molecule has 0 spiro atoms. The van der Waals surface area contributed by atoms with Gasteiger partial charge in [-0.1, -0.05) is 0 Å². The lowest BCUT2D eigenvalue weighted by molar-refractivity contribution is 0.199. The second-order valence-corrected chi connectivity index (χ2v) is 7.55. The highest BCUT2D eigenvalue weighted by Crippen LogP contribution is 2.26. The van der Waals surface area contributed by atoms with Gasteiger partial charge >= 0.3 is 12.1 Å². The number of nitrogens with zero attached hydrogens (tertiary/aromatic N) is 6. The molecule has 3 heterocycles. The van der Waals surface area contributed by atoms with E-state index in [1.807, 2.05) is 0 Å². The third-order valence-electron chi connectivity index (χ3n) is 5.03. The van der Waals surface area contributed by atoms with Gasteiger partial charge in [0.25, 0.3) is 5.78 Å². The van der Waals surface area contributed by atoms with E-state index in [4.69, 9.17) is 0 Å². The van der Waals surface area contributed by atoms with Gasteiger partial charge in [0.2, 0.25) is 0 Å². The molecule has 1 saturated heterocycles. The zero-order valence-electron chi connectivity index (χ0n) is 17.1. The maximum Gasteiger partial charge on any atom is 0.413 e. The van der Waals surface area contributed by atoms with Gasteiger partial charge in [-0.2, -0.15) is 0 Å². The minimum atomic E-state index is -1.16. The second-order valence-electron chi connectivity index (χ2n) is 7.55. The highest BCUT2D eigenvalue weighted by atomic mass is 19.1. The van der Waals surface area contributed by atoms with Crippen LogP contribution in [-0.4, -0.2) is 60.8 Å². The van der Waals surface area contributed by atoms with Gasteiger partial charge < -0.3 is 15.3 Å². The molecule has 1 fully saturated rings. The molecule has 0 bridgehead atoms. The number of urea groups is 1. The molecule has 31 heavy (non-hydrogen) atoms. The monoisotopic (exact) mass is 427 g/mol. The fourth-order valence-electron chi connectivity index (χ4n) is 3.52. The van der Waals surface area contributed by atoms with E-state index < -0.39 is 11.9 Å². The molecule has 10 nitrogen and oxygen atoms in total. The van der Waals surface area contributed by atoms with Crippen LogP contribution in [0.5, 0.6) is 0 Å². The zero-order chi connectivity index (χ0) is 22.1. The first kappa shape index (κ1) is 20.5. The van der Waals surface area contributed by atoms with Crippen LogP contribution in [0.25, 0.3) is 17.0 Å². The minimum absolute atomic E-state index is 0.131. The van der Waals surface area contributed by atoms with Crippen molar-refractivity contribution in [3.05, 3.63) is 36.4 Å². The number of amides is 3. The average molecular weight is 427 g/mol. The summed E-state index contributed by atoms with van der Waals surface area (Å²) in [6, 6.07) is 3.69. The fourth-order valence-corrected chi connectivity index (χ4v) is 3.52. The molecule has 3 amide bonds. The predicted octanol–water partition coefficient (Wildman–Crippen LogP) is 3.45. The number of benzene rings is 1. The van der Waals surface area contributed by atoms with Crippen LogP contribution in [-0.2, 0) is 0 Å². The molecule has 0 aliphatic carbocycles. The first-order valence-electron chi connectivity index (χ1n) is 9.94. The molecule has 0 saturated carbocycles. The molecule has 0 unspecified atom stereocenters. The van der Waals surface area contributed by atoms with Crippen molar-refractivity contribution < 1.29 is 19.1 Å². The molecule has 0 atom stereocenters. The van der Waals surface area contributed by atoms with Gasteiger partial charge in [0.15, 0.2) is 5.82 Å². The van der Waals surface area contributed by atoms with Crippen LogP contribution in [0.3, 0.4) is 0 Å². The summed E-state index contributed by atoms with van der Waals surface area (Å²) in [7, 11) is 0. The molecular formula is C20H22FN7O3. The van der Waals surface area contributed by atoms with Crippen molar-refractivity contribution in [3.8, 4) is 11.3 Å². The number of fused-ring (bicyclic) bond motifs is 1. The van der Waals surface area contributed by atoms with Crippen molar-refractivity contribution in [1.29, 1.82) is 0 Å². The normalized spacial score (nSPS) is 13.7. The Kier molecular flexibility index (Phi) is 5.40. The number of carbonyl (C=O) groups excluding carboxylic acids is 1. The molecule has 4 rings (SSSR count). The maximum atomic E-state index is 14.5. The number of hydrogen-bond donors (Lipinski definition) is 2. The lowest BCUT2D eigenvalue weighted by Crippen LogP contribution is -2.36. The SMILES string of the molecule is CC(C)N(C(=O)O)c1cnc2nc(-c3cc(NC(=O)N4CCCC4)ccc3F)cn2n1. The topological polar surface area (TPSA) is 116 Å². The quantitative estimate of drug-likeness (QED) is 0.659. The van der Waals surface area contributed by atoms with E-state index in [2.05, 4.69) is 20.4 Å². The number of carboxylic acid groups (broad SMARTS) is 1. The molecule has 1 aliphatic rings. The van der Waals surface area contributed by atoms with Crippen LogP contribution in [0.2, 0.25) is 0 Å². The van der Waals surface area contributed by atoms with Crippen LogP contribution >= 0.6 is 0 Å². The van der Waals surface area contributed by atoms with E-state index in [0.717, 1.165) is 17.7 Å². The van der Waals surface area contributed by atoms with E-state index in [1.54, 1.807) is 18.7 Å². The van der Waals surface area contributed by atoms with Gasteiger partial charge in [0, 0.05) is 30.4 Å². The summed E-state index contributed by atoms with van der Waals surface area (Å²) in [5, 5.41) is 16.5. The molecule has 2 N–H and O–H groups in total. The highest BCUT2D eigenvalue weighted by molar-refractivity contribution is 5.90. The summed E-state index contributed by atoms with van der Waals surface area (Å²) in [6.45, 7) is 4.85. The van der Waals surface area contributed by atoms with E-state index >= 15 is 0 Å². The third kappa shape index (κ3) is 4.11. The fraction of sp³-hybridized carbons (Fsp3) is 0.350. The van der Waals surface area contributed by atoms with Crippen LogP contribution in [0, 0.1) is 5.82 Å². The van der Waals surface area contributed by atoms with Crippen molar-refractivity contribution >= 4 is 29.4 Å². The Labute approximate surface area is 177 Å². The first-order valence-corrected chi connectivity index (χ1v) is 9.94. The van der Waals surface area contributed by atoms with Gasteiger partial charge in [-0.25, -0.2) is 28.5 Å². The Morgan fingerprint density at radius 2 is 2.00 bits per heavy atom. The molecule has 1 aliphatic heterocycles. The van der Waals surface area contributed by atoms with Gasteiger partial charge in [-0.15, -0.1) is 5.10 Å². The van der Waals surface area contributed by atoms with Gasteiger partial charge in [-0.3, -0.25) is 4.90 Å². The van der Waals surface area contributed by atoms with Crippen LogP contribution in [0.15, 0.2) is 30.6 Å². The molecule has 3 aromatic rings. The molecular weight excluding hydrogens is 405 g/mol. The summed E-state index contributed by atoms with van der Waals surface area (Å²) in [6.07, 6.45) is 3.57. The van der Waals surface area contributed by atoms with Gasteiger partial charge in [0.1, 0.15) is 5.82 Å². The Morgan fingerprint density at radius 1 is 1.26 bits per heavy atom.